The highest BCUT2D eigenvalue weighted by atomic mass is 28.5. The van der Waals surface area contributed by atoms with Crippen molar-refractivity contribution in [2.45, 2.75) is 0 Å². The summed E-state index contributed by atoms with van der Waals surface area (Å²) in [5.74, 6) is 0. The van der Waals surface area contributed by atoms with Gasteiger partial charge in [-0.05, 0) is 10.4 Å². The highest BCUT2D eigenvalue weighted by Gasteiger charge is 2.55. The average molecular weight is 290 g/mol. The average Bonchev–Trinajstić information content (AvgIpc) is 2.41. The molecule has 2 aromatic rings. The zero-order chi connectivity index (χ0) is 12.4. The topological polar surface area (TPSA) is 27.7 Å². The largest absolute Gasteiger partial charge is 0.456 e. The Bertz CT molecular complexity index is 473. The normalized spacial score (nSPS) is 18.4. The van der Waals surface area contributed by atoms with Crippen LogP contribution in [0.5, 0.6) is 0 Å². The summed E-state index contributed by atoms with van der Waals surface area (Å²) >= 11 is 0. The van der Waals surface area contributed by atoms with Crippen LogP contribution in [0.25, 0.3) is 0 Å². The van der Waals surface area contributed by atoms with Crippen molar-refractivity contribution in [2.24, 2.45) is 0 Å². The Balaban J connectivity index is 2.02. The molecule has 6 heteroatoms. The number of hydrogen-bond acceptors (Lipinski definition) is 3. The van der Waals surface area contributed by atoms with Gasteiger partial charge in [0.1, 0.15) is 10.5 Å². The van der Waals surface area contributed by atoms with E-state index in [2.05, 4.69) is 24.3 Å². The molecule has 0 aromatic heterocycles. The van der Waals surface area contributed by atoms with Crippen molar-refractivity contribution >= 4 is 38.9 Å². The minimum Gasteiger partial charge on any atom is -0.428 e. The first kappa shape index (κ1) is 12.0. The molecule has 1 aliphatic rings. The fraction of sp³-hybridized carbons (Fsp3) is 0. The molecule has 0 amide bonds. The molecule has 0 spiro atoms. The van der Waals surface area contributed by atoms with E-state index in [-0.39, 0.29) is 0 Å². The van der Waals surface area contributed by atoms with Gasteiger partial charge in [-0.25, -0.2) is 0 Å². The Hall–Kier alpha value is -1.03. The van der Waals surface area contributed by atoms with Gasteiger partial charge in [0.25, 0.3) is 0 Å². The molecule has 92 valence electrons. The summed E-state index contributed by atoms with van der Waals surface area (Å²) in [6, 6.07) is 20.4. The maximum absolute atomic E-state index is 6.12. The van der Waals surface area contributed by atoms with Crippen molar-refractivity contribution in [2.75, 3.05) is 0 Å². The molecular weight excluding hydrogens is 276 g/mol. The van der Waals surface area contributed by atoms with Crippen molar-refractivity contribution in [1.82, 2.24) is 0 Å². The van der Waals surface area contributed by atoms with Gasteiger partial charge >= 0.3 is 18.1 Å². The van der Waals surface area contributed by atoms with Crippen molar-refractivity contribution in [3.05, 3.63) is 60.7 Å². The minimum absolute atomic E-state index is 0.672. The predicted octanol–water partition coefficient (Wildman–Crippen LogP) is -0.696. The summed E-state index contributed by atoms with van der Waals surface area (Å²) in [7, 11) is -3.57. The van der Waals surface area contributed by atoms with Crippen LogP contribution in [0.1, 0.15) is 0 Å². The Kier molecular flexibility index (Phi) is 3.29. The third-order valence-electron chi connectivity index (χ3n) is 3.02. The molecule has 1 saturated heterocycles. The van der Waals surface area contributed by atoms with E-state index in [1.165, 1.54) is 0 Å². The molecule has 3 rings (SSSR count). The lowest BCUT2D eigenvalue weighted by Crippen LogP contribution is -2.76. The van der Waals surface area contributed by atoms with Crippen LogP contribution in [0, 0.1) is 0 Å². The van der Waals surface area contributed by atoms with E-state index in [9.17, 15) is 0 Å². The van der Waals surface area contributed by atoms with Crippen LogP contribution in [0.3, 0.4) is 0 Å². The van der Waals surface area contributed by atoms with Gasteiger partial charge in [0.2, 0.25) is 0 Å². The van der Waals surface area contributed by atoms with E-state index in [0.717, 1.165) is 10.4 Å². The second-order valence-corrected chi connectivity index (χ2v) is 10.8. The fourth-order valence-electron chi connectivity index (χ4n) is 2.13. The van der Waals surface area contributed by atoms with Crippen LogP contribution in [0.2, 0.25) is 0 Å². The van der Waals surface area contributed by atoms with Crippen molar-refractivity contribution in [3.8, 4) is 0 Å². The molecule has 0 unspecified atom stereocenters. The van der Waals surface area contributed by atoms with E-state index in [1.54, 1.807) is 0 Å². The minimum atomic E-state index is -2.42. The summed E-state index contributed by atoms with van der Waals surface area (Å²) in [5.41, 5.74) is 0. The smallest absolute Gasteiger partial charge is 0.428 e. The van der Waals surface area contributed by atoms with Crippen LogP contribution in [-0.4, -0.2) is 28.6 Å². The van der Waals surface area contributed by atoms with Gasteiger partial charge < -0.3 is 12.3 Å². The van der Waals surface area contributed by atoms with E-state index in [0.29, 0.717) is 10.5 Å². The van der Waals surface area contributed by atoms with E-state index in [4.69, 9.17) is 12.3 Å². The standard InChI is InChI=1S/C12H14O3Si3/c16-13-17-14-18(15-17,11-7-3-1-4-8-11)12-9-5-2-6-10-12/h1-10,17H,16H3. The molecule has 18 heavy (non-hydrogen) atoms. The van der Waals surface area contributed by atoms with Crippen LogP contribution < -0.4 is 10.4 Å². The van der Waals surface area contributed by atoms with Gasteiger partial charge in [-0.1, -0.05) is 60.7 Å². The third kappa shape index (κ3) is 1.92. The Morgan fingerprint density at radius 1 is 0.833 bits per heavy atom. The maximum atomic E-state index is 6.12. The summed E-state index contributed by atoms with van der Waals surface area (Å²) in [6.45, 7) is 0. The van der Waals surface area contributed by atoms with Crippen LogP contribution in [-0.2, 0) is 12.3 Å². The van der Waals surface area contributed by atoms with Crippen LogP contribution in [0.4, 0.5) is 0 Å². The highest BCUT2D eigenvalue weighted by molar-refractivity contribution is 7.02. The molecular formula is C12H14O3Si3. The second-order valence-electron chi connectivity index (χ2n) is 4.11. The van der Waals surface area contributed by atoms with Gasteiger partial charge in [0.15, 0.2) is 0 Å². The summed E-state index contributed by atoms with van der Waals surface area (Å²) in [4.78, 5) is 0. The van der Waals surface area contributed by atoms with Gasteiger partial charge in [0.05, 0.1) is 0 Å². The molecule has 1 fully saturated rings. The van der Waals surface area contributed by atoms with E-state index < -0.39 is 18.1 Å². The molecule has 0 radical (unpaired) electrons. The second kappa shape index (κ2) is 4.92. The molecule has 1 aliphatic heterocycles. The summed E-state index contributed by atoms with van der Waals surface area (Å²) < 4.78 is 17.6. The van der Waals surface area contributed by atoms with Crippen molar-refractivity contribution in [1.29, 1.82) is 0 Å². The van der Waals surface area contributed by atoms with Gasteiger partial charge in [-0.3, -0.25) is 0 Å². The SMILES string of the molecule is [SiH3]O[SiH]1O[Si](c2ccccc2)(c2ccccc2)O1. The molecule has 3 nitrogen and oxygen atoms in total. The quantitative estimate of drug-likeness (QED) is 0.700. The molecule has 1 heterocycles. The highest BCUT2D eigenvalue weighted by Crippen LogP contribution is 2.21. The van der Waals surface area contributed by atoms with Crippen molar-refractivity contribution in [3.63, 3.8) is 0 Å². The Labute approximate surface area is 112 Å². The maximum Gasteiger partial charge on any atom is 0.456 e. The van der Waals surface area contributed by atoms with Crippen molar-refractivity contribution < 1.29 is 12.3 Å². The van der Waals surface area contributed by atoms with Crippen LogP contribution in [0.15, 0.2) is 60.7 Å². The molecule has 0 saturated carbocycles. The number of benzene rings is 2. The van der Waals surface area contributed by atoms with Gasteiger partial charge in [-0.15, -0.1) is 0 Å². The first-order valence-corrected chi connectivity index (χ1v) is 9.89. The lowest BCUT2D eigenvalue weighted by atomic mass is 10.4. The monoisotopic (exact) mass is 290 g/mol. The summed E-state index contributed by atoms with van der Waals surface area (Å²) in [6.07, 6.45) is 0. The fourth-order valence-corrected chi connectivity index (χ4v) is 10.6. The number of rotatable bonds is 3. The first-order chi connectivity index (χ1) is 8.85. The van der Waals surface area contributed by atoms with Gasteiger partial charge in [-0.2, -0.15) is 0 Å². The van der Waals surface area contributed by atoms with Gasteiger partial charge in [0, 0.05) is 0 Å². The zero-order valence-electron chi connectivity index (χ0n) is 10.1. The molecule has 0 aliphatic carbocycles. The predicted molar refractivity (Wildman–Crippen MR) is 78.2 cm³/mol. The van der Waals surface area contributed by atoms with E-state index >= 15 is 0 Å². The molecule has 0 N–H and O–H groups in total. The Morgan fingerprint density at radius 2 is 1.28 bits per heavy atom. The lowest BCUT2D eigenvalue weighted by molar-refractivity contribution is 0.201. The zero-order valence-corrected chi connectivity index (χ0v) is 14.2. The van der Waals surface area contributed by atoms with E-state index in [1.807, 2.05) is 36.4 Å². The molecule has 0 bridgehead atoms. The lowest BCUT2D eigenvalue weighted by Gasteiger charge is -2.44. The summed E-state index contributed by atoms with van der Waals surface area (Å²) in [5, 5.41) is 2.30. The molecule has 2 aromatic carbocycles. The number of hydrogen-bond donors (Lipinski definition) is 0. The van der Waals surface area contributed by atoms with Crippen LogP contribution >= 0.6 is 0 Å². The molecule has 0 atom stereocenters. The third-order valence-corrected chi connectivity index (χ3v) is 10.9. The Morgan fingerprint density at radius 3 is 1.67 bits per heavy atom. The first-order valence-electron chi connectivity index (χ1n) is 5.84.